The molecule has 1 atom stereocenters. The molecule has 29 heavy (non-hydrogen) atoms. The van der Waals surface area contributed by atoms with Crippen molar-refractivity contribution >= 4 is 11.8 Å². The first-order chi connectivity index (χ1) is 14.1. The monoisotopic (exact) mass is 393 g/mol. The van der Waals surface area contributed by atoms with Crippen molar-refractivity contribution in [3.05, 3.63) is 67.0 Å². The van der Waals surface area contributed by atoms with E-state index in [-0.39, 0.29) is 24.3 Å². The summed E-state index contributed by atoms with van der Waals surface area (Å²) >= 11 is 0. The fraction of sp³-hybridized carbons (Fsp3) is 0.348. The van der Waals surface area contributed by atoms with Crippen LogP contribution in [0.3, 0.4) is 0 Å². The zero-order valence-corrected chi connectivity index (χ0v) is 16.8. The Bertz CT molecular complexity index is 853. The van der Waals surface area contributed by atoms with E-state index in [1.54, 1.807) is 22.1 Å². The van der Waals surface area contributed by atoms with Crippen molar-refractivity contribution < 1.29 is 14.3 Å². The van der Waals surface area contributed by atoms with E-state index in [9.17, 15) is 9.59 Å². The van der Waals surface area contributed by atoms with Gasteiger partial charge in [-0.1, -0.05) is 36.4 Å². The summed E-state index contributed by atoms with van der Waals surface area (Å²) in [5.41, 5.74) is 3.16. The van der Waals surface area contributed by atoms with Crippen molar-refractivity contribution in [3.8, 4) is 11.1 Å². The van der Waals surface area contributed by atoms with Gasteiger partial charge in [-0.3, -0.25) is 14.6 Å². The Morgan fingerprint density at radius 3 is 2.83 bits per heavy atom. The first-order valence-electron chi connectivity index (χ1n) is 9.78. The molecule has 0 spiro atoms. The predicted molar refractivity (Wildman–Crippen MR) is 112 cm³/mol. The second kappa shape index (κ2) is 9.98. The molecule has 1 aromatic carbocycles. The van der Waals surface area contributed by atoms with Gasteiger partial charge in [-0.15, -0.1) is 6.58 Å². The van der Waals surface area contributed by atoms with E-state index in [1.165, 1.54) is 7.11 Å². The SMILES string of the molecule is C=CCN1CCN(C(=O)COC)C[C@@H](Cc2cccc(-c3cccnc3)c2)C1=O. The molecule has 152 valence electrons. The van der Waals surface area contributed by atoms with Crippen molar-refractivity contribution in [2.24, 2.45) is 5.92 Å². The molecule has 0 radical (unpaired) electrons. The van der Waals surface area contributed by atoms with Crippen LogP contribution in [0, 0.1) is 5.92 Å². The van der Waals surface area contributed by atoms with Crippen molar-refractivity contribution in [1.29, 1.82) is 0 Å². The van der Waals surface area contributed by atoms with Gasteiger partial charge in [0.2, 0.25) is 11.8 Å². The molecule has 0 bridgehead atoms. The molecular formula is C23H27N3O3. The Kier molecular flexibility index (Phi) is 7.14. The third-order valence-corrected chi connectivity index (χ3v) is 5.12. The zero-order valence-electron chi connectivity index (χ0n) is 16.8. The second-order valence-electron chi connectivity index (χ2n) is 7.19. The Balaban J connectivity index is 1.83. The van der Waals surface area contributed by atoms with Crippen LogP contribution in [0.4, 0.5) is 0 Å². The first-order valence-corrected chi connectivity index (χ1v) is 9.78. The van der Waals surface area contributed by atoms with E-state index in [0.717, 1.165) is 16.7 Å². The van der Waals surface area contributed by atoms with Gasteiger partial charge in [-0.25, -0.2) is 0 Å². The third kappa shape index (κ3) is 5.29. The predicted octanol–water partition coefficient (Wildman–Crippen LogP) is 2.41. The summed E-state index contributed by atoms with van der Waals surface area (Å²) in [4.78, 5) is 33.2. The average molecular weight is 393 g/mol. The number of amides is 2. The fourth-order valence-corrected chi connectivity index (χ4v) is 3.67. The van der Waals surface area contributed by atoms with Crippen LogP contribution in [0.5, 0.6) is 0 Å². The van der Waals surface area contributed by atoms with Crippen LogP contribution in [0.2, 0.25) is 0 Å². The summed E-state index contributed by atoms with van der Waals surface area (Å²) in [5, 5.41) is 0. The third-order valence-electron chi connectivity index (χ3n) is 5.12. The maximum absolute atomic E-state index is 13.1. The van der Waals surface area contributed by atoms with E-state index >= 15 is 0 Å². The smallest absolute Gasteiger partial charge is 0.248 e. The topological polar surface area (TPSA) is 62.7 Å². The number of benzene rings is 1. The number of methoxy groups -OCH3 is 1. The highest BCUT2D eigenvalue weighted by atomic mass is 16.5. The van der Waals surface area contributed by atoms with E-state index < -0.39 is 0 Å². The lowest BCUT2D eigenvalue weighted by atomic mass is 9.95. The lowest BCUT2D eigenvalue weighted by molar-refractivity contribution is -0.136. The summed E-state index contributed by atoms with van der Waals surface area (Å²) in [6.45, 7) is 5.68. The fourth-order valence-electron chi connectivity index (χ4n) is 3.67. The van der Waals surface area contributed by atoms with Crippen molar-refractivity contribution in [2.45, 2.75) is 6.42 Å². The molecule has 3 rings (SSSR count). The summed E-state index contributed by atoms with van der Waals surface area (Å²) in [6.07, 6.45) is 5.87. The molecule has 1 aromatic heterocycles. The Morgan fingerprint density at radius 1 is 1.28 bits per heavy atom. The van der Waals surface area contributed by atoms with Crippen LogP contribution < -0.4 is 0 Å². The van der Waals surface area contributed by atoms with Crippen molar-refractivity contribution in [1.82, 2.24) is 14.8 Å². The summed E-state index contributed by atoms with van der Waals surface area (Å²) in [7, 11) is 1.51. The van der Waals surface area contributed by atoms with Crippen LogP contribution in [-0.2, 0) is 20.7 Å². The Morgan fingerprint density at radius 2 is 2.10 bits per heavy atom. The van der Waals surface area contributed by atoms with Crippen LogP contribution in [0.25, 0.3) is 11.1 Å². The molecule has 1 fully saturated rings. The lowest BCUT2D eigenvalue weighted by Gasteiger charge is -2.23. The molecule has 6 heteroatoms. The zero-order chi connectivity index (χ0) is 20.6. The van der Waals surface area contributed by atoms with Gasteiger partial charge in [-0.05, 0) is 29.2 Å². The normalized spacial score (nSPS) is 17.1. The number of aromatic nitrogens is 1. The Labute approximate surface area is 171 Å². The first kappa shape index (κ1) is 20.7. The standard InChI is InChI=1S/C23H27N3O3/c1-3-10-25-11-12-26(22(27)17-29-2)16-21(23(25)28)14-18-6-4-7-19(13-18)20-8-5-9-24-15-20/h3-9,13,15,21H,1,10-12,14,16-17H2,2H3/t21-/m1/s1. The quantitative estimate of drug-likeness (QED) is 0.678. The van der Waals surface area contributed by atoms with Crippen molar-refractivity contribution in [3.63, 3.8) is 0 Å². The lowest BCUT2D eigenvalue weighted by Crippen LogP contribution is -2.39. The summed E-state index contributed by atoms with van der Waals surface area (Å²) < 4.78 is 5.01. The van der Waals surface area contributed by atoms with Crippen LogP contribution in [-0.4, -0.2) is 66.5 Å². The van der Waals surface area contributed by atoms with Gasteiger partial charge < -0.3 is 14.5 Å². The molecule has 0 unspecified atom stereocenters. The van der Waals surface area contributed by atoms with Crippen LogP contribution in [0.15, 0.2) is 61.4 Å². The average Bonchev–Trinajstić information content (AvgIpc) is 2.89. The number of pyridine rings is 1. The highest BCUT2D eigenvalue weighted by Crippen LogP contribution is 2.23. The number of hydrogen-bond donors (Lipinski definition) is 0. The van der Waals surface area contributed by atoms with E-state index in [0.29, 0.717) is 32.6 Å². The van der Waals surface area contributed by atoms with Gasteiger partial charge in [0.1, 0.15) is 6.61 Å². The molecule has 0 aliphatic carbocycles. The van der Waals surface area contributed by atoms with Crippen LogP contribution >= 0.6 is 0 Å². The largest absolute Gasteiger partial charge is 0.375 e. The highest BCUT2D eigenvalue weighted by molar-refractivity contribution is 5.83. The Hall–Kier alpha value is -2.99. The molecule has 6 nitrogen and oxygen atoms in total. The number of carbonyl (C=O) groups excluding carboxylic acids is 2. The number of ether oxygens (including phenoxy) is 1. The number of carbonyl (C=O) groups is 2. The number of rotatable bonds is 7. The van der Waals surface area contributed by atoms with E-state index in [1.807, 2.05) is 36.5 Å². The molecule has 2 aromatic rings. The molecule has 0 saturated carbocycles. The van der Waals surface area contributed by atoms with Gasteiger partial charge in [0.15, 0.2) is 0 Å². The maximum Gasteiger partial charge on any atom is 0.248 e. The molecule has 1 aliphatic heterocycles. The molecule has 2 heterocycles. The van der Waals surface area contributed by atoms with Gasteiger partial charge in [0, 0.05) is 45.7 Å². The molecule has 0 N–H and O–H groups in total. The molecule has 2 amide bonds. The van der Waals surface area contributed by atoms with E-state index in [4.69, 9.17) is 4.74 Å². The van der Waals surface area contributed by atoms with Crippen LogP contribution in [0.1, 0.15) is 5.56 Å². The van der Waals surface area contributed by atoms with Gasteiger partial charge in [-0.2, -0.15) is 0 Å². The molecular weight excluding hydrogens is 366 g/mol. The summed E-state index contributed by atoms with van der Waals surface area (Å²) in [5.74, 6) is -0.332. The minimum Gasteiger partial charge on any atom is -0.375 e. The summed E-state index contributed by atoms with van der Waals surface area (Å²) in [6, 6.07) is 12.1. The minimum absolute atomic E-state index is 0.0266. The van der Waals surface area contributed by atoms with Gasteiger partial charge >= 0.3 is 0 Å². The van der Waals surface area contributed by atoms with Gasteiger partial charge in [0.25, 0.3) is 0 Å². The maximum atomic E-state index is 13.1. The van der Waals surface area contributed by atoms with Crippen molar-refractivity contribution in [2.75, 3.05) is 39.9 Å². The second-order valence-corrected chi connectivity index (χ2v) is 7.19. The number of hydrogen-bond acceptors (Lipinski definition) is 4. The minimum atomic E-state index is -0.303. The highest BCUT2D eigenvalue weighted by Gasteiger charge is 2.31. The molecule has 1 aliphatic rings. The number of nitrogens with zero attached hydrogens (tertiary/aromatic N) is 3. The molecule has 1 saturated heterocycles. The van der Waals surface area contributed by atoms with E-state index in [2.05, 4.69) is 17.6 Å². The van der Waals surface area contributed by atoms with Gasteiger partial charge in [0.05, 0.1) is 5.92 Å².